The normalized spacial score (nSPS) is 19.6. The number of guanidine groups is 1. The van der Waals surface area contributed by atoms with Gasteiger partial charge in [-0.15, -0.1) is 24.0 Å². The van der Waals surface area contributed by atoms with Gasteiger partial charge in [-0.2, -0.15) is 0 Å². The Hall–Kier alpha value is -1.02. The fourth-order valence-corrected chi connectivity index (χ4v) is 2.27. The van der Waals surface area contributed by atoms with Crippen molar-refractivity contribution in [2.24, 2.45) is 10.9 Å². The van der Waals surface area contributed by atoms with E-state index in [1.165, 1.54) is 6.42 Å². The number of benzene rings is 1. The maximum atomic E-state index is 5.78. The van der Waals surface area contributed by atoms with Crippen molar-refractivity contribution in [2.75, 3.05) is 33.8 Å². The van der Waals surface area contributed by atoms with Crippen LogP contribution in [0.5, 0.6) is 5.75 Å². The third kappa shape index (κ3) is 7.70. The summed E-state index contributed by atoms with van der Waals surface area (Å²) in [5.74, 6) is 2.57. The highest BCUT2D eigenvalue weighted by Crippen LogP contribution is 2.28. The minimum Gasteiger partial charge on any atom is -0.492 e. The summed E-state index contributed by atoms with van der Waals surface area (Å²) in [6.45, 7) is 7.49. The van der Waals surface area contributed by atoms with Crippen LogP contribution in [0.3, 0.4) is 0 Å². The van der Waals surface area contributed by atoms with Crippen molar-refractivity contribution >= 4 is 29.9 Å². The average molecular weight is 446 g/mol. The molecule has 0 radical (unpaired) electrons. The molecule has 1 aromatic carbocycles. The van der Waals surface area contributed by atoms with Gasteiger partial charge in [-0.05, 0) is 51.1 Å². The number of aliphatic imine (C=N–C) groups is 1. The Bertz CT molecular complexity index is 521. The fourth-order valence-electron chi connectivity index (χ4n) is 2.27. The minimum absolute atomic E-state index is 0. The van der Waals surface area contributed by atoms with Crippen LogP contribution < -0.4 is 15.4 Å². The van der Waals surface area contributed by atoms with E-state index in [9.17, 15) is 0 Å². The van der Waals surface area contributed by atoms with Crippen molar-refractivity contribution in [3.8, 4) is 5.75 Å². The highest BCUT2D eigenvalue weighted by molar-refractivity contribution is 14.0. The van der Waals surface area contributed by atoms with Gasteiger partial charge in [0.05, 0.1) is 6.54 Å². The fraction of sp³-hybridized carbons (Fsp3) is 0.611. The van der Waals surface area contributed by atoms with Crippen molar-refractivity contribution in [1.29, 1.82) is 0 Å². The van der Waals surface area contributed by atoms with Gasteiger partial charge in [-0.1, -0.05) is 19.1 Å². The van der Waals surface area contributed by atoms with Crippen molar-refractivity contribution in [1.82, 2.24) is 15.5 Å². The van der Waals surface area contributed by atoms with Crippen LogP contribution in [-0.4, -0.2) is 50.7 Å². The van der Waals surface area contributed by atoms with E-state index in [-0.39, 0.29) is 24.0 Å². The molecule has 1 aliphatic rings. The molecule has 0 bridgehead atoms. The summed E-state index contributed by atoms with van der Waals surface area (Å²) in [5.41, 5.74) is 1.16. The Balaban J connectivity index is 0.00000288. The first-order valence-electron chi connectivity index (χ1n) is 8.49. The molecule has 24 heavy (non-hydrogen) atoms. The molecule has 0 heterocycles. The molecule has 0 spiro atoms. The predicted octanol–water partition coefficient (Wildman–Crippen LogP) is 2.71. The zero-order chi connectivity index (χ0) is 16.7. The lowest BCUT2D eigenvalue weighted by molar-refractivity contribution is 0.261. The van der Waals surface area contributed by atoms with Crippen molar-refractivity contribution < 1.29 is 4.74 Å². The summed E-state index contributed by atoms with van der Waals surface area (Å²) in [6, 6.07) is 8.76. The molecule has 1 aliphatic carbocycles. The first kappa shape index (κ1) is 21.0. The summed E-state index contributed by atoms with van der Waals surface area (Å²) >= 11 is 0. The molecular weight excluding hydrogens is 415 g/mol. The molecule has 2 N–H and O–H groups in total. The first-order chi connectivity index (χ1) is 11.1. The summed E-state index contributed by atoms with van der Waals surface area (Å²) in [4.78, 5) is 6.79. The molecular formula is C18H31IN4O. The Morgan fingerprint density at radius 2 is 2.12 bits per heavy atom. The number of hydrogen-bond acceptors (Lipinski definition) is 3. The Labute approximate surface area is 163 Å². The SMILES string of the molecule is CCNC(=NCc1cccc(OCCN(C)C)c1)NC1CC1C.I. The van der Waals surface area contributed by atoms with E-state index >= 15 is 0 Å². The standard InChI is InChI=1S/C18H30N4O.HI/c1-5-19-18(21-17-11-14(17)2)20-13-15-7-6-8-16(12-15)23-10-9-22(3)4;/h6-8,12,14,17H,5,9-11,13H2,1-4H3,(H2,19,20,21);1H. The predicted molar refractivity (Wildman–Crippen MR) is 111 cm³/mol. The lowest BCUT2D eigenvalue weighted by Crippen LogP contribution is -2.39. The molecule has 1 fully saturated rings. The van der Waals surface area contributed by atoms with Gasteiger partial charge in [0, 0.05) is 19.1 Å². The zero-order valence-corrected chi connectivity index (χ0v) is 17.5. The average Bonchev–Trinajstić information content (AvgIpc) is 3.20. The quantitative estimate of drug-likeness (QED) is 0.366. The van der Waals surface area contributed by atoms with E-state index in [1.54, 1.807) is 0 Å². The summed E-state index contributed by atoms with van der Waals surface area (Å²) in [6.07, 6.45) is 1.24. The van der Waals surface area contributed by atoms with E-state index in [1.807, 2.05) is 26.2 Å². The molecule has 0 aromatic heterocycles. The number of likely N-dealkylation sites (N-methyl/N-ethyl adjacent to an activating group) is 1. The van der Waals surface area contributed by atoms with E-state index in [2.05, 4.69) is 46.5 Å². The molecule has 136 valence electrons. The number of hydrogen-bond donors (Lipinski definition) is 2. The van der Waals surface area contributed by atoms with Crippen LogP contribution in [-0.2, 0) is 6.54 Å². The second kappa shape index (κ2) is 10.8. The van der Waals surface area contributed by atoms with Gasteiger partial charge in [0.1, 0.15) is 12.4 Å². The lowest BCUT2D eigenvalue weighted by Gasteiger charge is -2.12. The molecule has 1 saturated carbocycles. The van der Waals surface area contributed by atoms with Crippen LogP contribution in [0, 0.1) is 5.92 Å². The topological polar surface area (TPSA) is 48.9 Å². The van der Waals surface area contributed by atoms with Gasteiger partial charge >= 0.3 is 0 Å². The molecule has 5 nitrogen and oxygen atoms in total. The molecule has 2 rings (SSSR count). The molecule has 1 aromatic rings. The number of rotatable bonds is 8. The summed E-state index contributed by atoms with van der Waals surface area (Å²) in [5, 5.41) is 6.78. The molecule has 2 atom stereocenters. The highest BCUT2D eigenvalue weighted by atomic mass is 127. The van der Waals surface area contributed by atoms with Gasteiger partial charge in [0.2, 0.25) is 0 Å². The van der Waals surface area contributed by atoms with Crippen LogP contribution in [0.25, 0.3) is 0 Å². The maximum absolute atomic E-state index is 5.78. The molecule has 0 amide bonds. The van der Waals surface area contributed by atoms with E-state index in [0.29, 0.717) is 19.2 Å². The number of nitrogens with zero attached hydrogens (tertiary/aromatic N) is 2. The molecule has 0 saturated heterocycles. The van der Waals surface area contributed by atoms with Crippen LogP contribution in [0.1, 0.15) is 25.8 Å². The van der Waals surface area contributed by atoms with Gasteiger partial charge in [0.25, 0.3) is 0 Å². The van der Waals surface area contributed by atoms with Crippen LogP contribution >= 0.6 is 24.0 Å². The number of halogens is 1. The van der Waals surface area contributed by atoms with Crippen molar-refractivity contribution in [3.05, 3.63) is 29.8 Å². The second-order valence-electron chi connectivity index (χ2n) is 6.46. The van der Waals surface area contributed by atoms with Crippen LogP contribution in [0.15, 0.2) is 29.3 Å². The smallest absolute Gasteiger partial charge is 0.191 e. The van der Waals surface area contributed by atoms with Crippen molar-refractivity contribution in [3.63, 3.8) is 0 Å². The van der Waals surface area contributed by atoms with Gasteiger partial charge < -0.3 is 20.3 Å². The molecule has 0 aliphatic heterocycles. The Kier molecular flexibility index (Phi) is 9.43. The number of ether oxygens (including phenoxy) is 1. The second-order valence-corrected chi connectivity index (χ2v) is 6.46. The van der Waals surface area contributed by atoms with E-state index in [4.69, 9.17) is 4.74 Å². The van der Waals surface area contributed by atoms with Crippen molar-refractivity contribution in [2.45, 2.75) is 32.9 Å². The van der Waals surface area contributed by atoms with Gasteiger partial charge in [-0.3, -0.25) is 0 Å². The highest BCUT2D eigenvalue weighted by Gasteiger charge is 2.33. The summed E-state index contributed by atoms with van der Waals surface area (Å²) < 4.78 is 5.78. The lowest BCUT2D eigenvalue weighted by atomic mass is 10.2. The Morgan fingerprint density at radius 1 is 1.38 bits per heavy atom. The van der Waals surface area contributed by atoms with E-state index < -0.39 is 0 Å². The first-order valence-corrected chi connectivity index (χ1v) is 8.49. The summed E-state index contributed by atoms with van der Waals surface area (Å²) in [7, 11) is 4.09. The monoisotopic (exact) mass is 446 g/mol. The van der Waals surface area contributed by atoms with Gasteiger partial charge in [-0.25, -0.2) is 4.99 Å². The minimum atomic E-state index is 0. The zero-order valence-electron chi connectivity index (χ0n) is 15.2. The van der Waals surface area contributed by atoms with Gasteiger partial charge in [0.15, 0.2) is 5.96 Å². The third-order valence-corrected chi connectivity index (χ3v) is 3.90. The largest absolute Gasteiger partial charge is 0.492 e. The molecule has 2 unspecified atom stereocenters. The van der Waals surface area contributed by atoms with Crippen LogP contribution in [0.4, 0.5) is 0 Å². The van der Waals surface area contributed by atoms with E-state index in [0.717, 1.165) is 36.3 Å². The Morgan fingerprint density at radius 3 is 2.75 bits per heavy atom. The third-order valence-electron chi connectivity index (χ3n) is 3.90. The van der Waals surface area contributed by atoms with Crippen LogP contribution in [0.2, 0.25) is 0 Å². The number of nitrogens with one attached hydrogen (secondary N) is 2. The molecule has 6 heteroatoms. The maximum Gasteiger partial charge on any atom is 0.191 e.